The Bertz CT molecular complexity index is 586. The Morgan fingerprint density at radius 3 is 2.83 bits per heavy atom. The fraction of sp³-hybridized carbons (Fsp3) is 0.214. The summed E-state index contributed by atoms with van der Waals surface area (Å²) in [4.78, 5) is 4.16. The highest BCUT2D eigenvalue weighted by Crippen LogP contribution is 2.27. The number of hydrogen-bond donors (Lipinski definition) is 1. The molecule has 1 heterocycles. The monoisotopic (exact) mass is 322 g/mol. The molecule has 0 radical (unpaired) electrons. The third-order valence-electron chi connectivity index (χ3n) is 3.18. The highest BCUT2D eigenvalue weighted by Gasteiger charge is 2.21. The number of rotatable bonds is 2. The van der Waals surface area contributed by atoms with Crippen LogP contribution in [0, 0.1) is 0 Å². The second-order valence-electron chi connectivity index (χ2n) is 4.55. The molecule has 0 amide bonds. The standard InChI is InChI=1S/C14H12BrClN2/c15-11-6-14(8-17-7-11)18-13-4-9-1-2-12(16)3-10(9)5-13/h1-3,6-8,13,18H,4-5H2. The third kappa shape index (κ3) is 2.52. The summed E-state index contributed by atoms with van der Waals surface area (Å²) in [6.07, 6.45) is 5.69. The summed E-state index contributed by atoms with van der Waals surface area (Å²) in [6.45, 7) is 0. The van der Waals surface area contributed by atoms with Gasteiger partial charge in [0.1, 0.15) is 0 Å². The molecule has 0 bridgehead atoms. The number of halogens is 2. The van der Waals surface area contributed by atoms with Gasteiger partial charge in [0.25, 0.3) is 0 Å². The van der Waals surface area contributed by atoms with Crippen LogP contribution in [0.1, 0.15) is 11.1 Å². The molecule has 2 aromatic rings. The summed E-state index contributed by atoms with van der Waals surface area (Å²) >= 11 is 9.44. The van der Waals surface area contributed by atoms with Crippen LogP contribution in [0.4, 0.5) is 5.69 Å². The van der Waals surface area contributed by atoms with Gasteiger partial charge in [0.2, 0.25) is 0 Å². The SMILES string of the molecule is Clc1ccc2c(c1)CC(Nc1cncc(Br)c1)C2. The van der Waals surface area contributed by atoms with Gasteiger partial charge in [-0.05, 0) is 58.1 Å². The Balaban J connectivity index is 1.74. The van der Waals surface area contributed by atoms with Crippen molar-refractivity contribution < 1.29 is 0 Å². The summed E-state index contributed by atoms with van der Waals surface area (Å²) < 4.78 is 0.992. The van der Waals surface area contributed by atoms with E-state index in [1.54, 1.807) is 6.20 Å². The lowest BCUT2D eigenvalue weighted by atomic mass is 10.1. The predicted molar refractivity (Wildman–Crippen MR) is 78.2 cm³/mol. The van der Waals surface area contributed by atoms with Gasteiger partial charge in [0, 0.05) is 21.7 Å². The molecule has 92 valence electrons. The van der Waals surface area contributed by atoms with E-state index in [-0.39, 0.29) is 0 Å². The van der Waals surface area contributed by atoms with Gasteiger partial charge in [-0.25, -0.2) is 0 Å². The molecule has 1 N–H and O–H groups in total. The number of benzene rings is 1. The lowest BCUT2D eigenvalue weighted by Gasteiger charge is -2.13. The minimum atomic E-state index is 0.426. The number of nitrogens with one attached hydrogen (secondary N) is 1. The number of anilines is 1. The molecule has 1 atom stereocenters. The van der Waals surface area contributed by atoms with E-state index in [0.29, 0.717) is 6.04 Å². The molecule has 1 aromatic carbocycles. The van der Waals surface area contributed by atoms with E-state index in [4.69, 9.17) is 11.6 Å². The van der Waals surface area contributed by atoms with Crippen molar-refractivity contribution in [3.05, 3.63) is 57.3 Å². The summed E-state index contributed by atoms with van der Waals surface area (Å²) in [5, 5.41) is 4.33. The lowest BCUT2D eigenvalue weighted by molar-refractivity contribution is 0.773. The van der Waals surface area contributed by atoms with Crippen LogP contribution >= 0.6 is 27.5 Å². The molecule has 18 heavy (non-hydrogen) atoms. The van der Waals surface area contributed by atoms with E-state index < -0.39 is 0 Å². The first-order chi connectivity index (χ1) is 8.70. The number of hydrogen-bond acceptors (Lipinski definition) is 2. The maximum Gasteiger partial charge on any atom is 0.0540 e. The predicted octanol–water partition coefficient (Wildman–Crippen LogP) is 4.08. The fourth-order valence-electron chi connectivity index (χ4n) is 2.42. The molecule has 0 fully saturated rings. The van der Waals surface area contributed by atoms with Crippen LogP contribution in [0.3, 0.4) is 0 Å². The van der Waals surface area contributed by atoms with Crippen molar-refractivity contribution in [3.8, 4) is 0 Å². The van der Waals surface area contributed by atoms with Gasteiger partial charge in [0.05, 0.1) is 11.9 Å². The van der Waals surface area contributed by atoms with Gasteiger partial charge in [-0.15, -0.1) is 0 Å². The van der Waals surface area contributed by atoms with E-state index in [0.717, 1.165) is 28.0 Å². The Morgan fingerprint density at radius 1 is 1.17 bits per heavy atom. The number of fused-ring (bicyclic) bond motifs is 1. The van der Waals surface area contributed by atoms with Crippen molar-refractivity contribution in [1.82, 2.24) is 4.98 Å². The molecular weight excluding hydrogens is 312 g/mol. The highest BCUT2D eigenvalue weighted by molar-refractivity contribution is 9.10. The van der Waals surface area contributed by atoms with Gasteiger partial charge in [-0.2, -0.15) is 0 Å². The minimum absolute atomic E-state index is 0.426. The molecule has 1 aliphatic rings. The van der Waals surface area contributed by atoms with E-state index in [2.05, 4.69) is 38.4 Å². The molecule has 0 saturated heterocycles. The zero-order valence-electron chi connectivity index (χ0n) is 9.66. The van der Waals surface area contributed by atoms with Crippen molar-refractivity contribution >= 4 is 33.2 Å². The van der Waals surface area contributed by atoms with E-state index in [1.165, 1.54) is 11.1 Å². The first kappa shape index (κ1) is 12.0. The molecule has 1 unspecified atom stereocenters. The summed E-state index contributed by atoms with van der Waals surface area (Å²) in [5.41, 5.74) is 3.79. The van der Waals surface area contributed by atoms with Crippen LogP contribution in [0.2, 0.25) is 5.02 Å². The topological polar surface area (TPSA) is 24.9 Å². The van der Waals surface area contributed by atoms with Crippen molar-refractivity contribution in [2.24, 2.45) is 0 Å². The Kier molecular flexibility index (Phi) is 3.27. The zero-order chi connectivity index (χ0) is 12.5. The molecule has 0 spiro atoms. The molecule has 3 rings (SSSR count). The smallest absolute Gasteiger partial charge is 0.0540 e. The maximum absolute atomic E-state index is 6.02. The summed E-state index contributed by atoms with van der Waals surface area (Å²) in [5.74, 6) is 0. The Hall–Kier alpha value is -1.06. The fourth-order valence-corrected chi connectivity index (χ4v) is 2.97. The van der Waals surface area contributed by atoms with Gasteiger partial charge >= 0.3 is 0 Å². The highest BCUT2D eigenvalue weighted by atomic mass is 79.9. The first-order valence-electron chi connectivity index (χ1n) is 5.85. The largest absolute Gasteiger partial charge is 0.380 e. The van der Waals surface area contributed by atoms with Gasteiger partial charge in [0.15, 0.2) is 0 Å². The van der Waals surface area contributed by atoms with E-state index in [9.17, 15) is 0 Å². The van der Waals surface area contributed by atoms with Crippen LogP contribution < -0.4 is 5.32 Å². The second-order valence-corrected chi connectivity index (χ2v) is 5.91. The molecule has 2 nitrogen and oxygen atoms in total. The lowest BCUT2D eigenvalue weighted by Crippen LogP contribution is -2.19. The second kappa shape index (κ2) is 4.90. The normalized spacial score (nSPS) is 17.6. The van der Waals surface area contributed by atoms with Gasteiger partial charge in [-0.1, -0.05) is 17.7 Å². The van der Waals surface area contributed by atoms with Crippen LogP contribution in [-0.4, -0.2) is 11.0 Å². The number of nitrogens with zero attached hydrogens (tertiary/aromatic N) is 1. The third-order valence-corrected chi connectivity index (χ3v) is 3.85. The molecule has 1 aliphatic carbocycles. The van der Waals surface area contributed by atoms with Crippen molar-refractivity contribution in [3.63, 3.8) is 0 Å². The van der Waals surface area contributed by atoms with Crippen molar-refractivity contribution in [2.75, 3.05) is 5.32 Å². The van der Waals surface area contributed by atoms with E-state index in [1.807, 2.05) is 18.3 Å². The number of aromatic nitrogens is 1. The van der Waals surface area contributed by atoms with Crippen molar-refractivity contribution in [1.29, 1.82) is 0 Å². The molecule has 4 heteroatoms. The number of pyridine rings is 1. The van der Waals surface area contributed by atoms with Crippen LogP contribution in [0.5, 0.6) is 0 Å². The van der Waals surface area contributed by atoms with E-state index >= 15 is 0 Å². The van der Waals surface area contributed by atoms with Gasteiger partial charge < -0.3 is 5.32 Å². The maximum atomic E-state index is 6.02. The Labute approximate surface area is 120 Å². The first-order valence-corrected chi connectivity index (χ1v) is 7.02. The molecular formula is C14H12BrClN2. The van der Waals surface area contributed by atoms with Crippen LogP contribution in [0.25, 0.3) is 0 Å². The minimum Gasteiger partial charge on any atom is -0.380 e. The average molecular weight is 324 g/mol. The Morgan fingerprint density at radius 2 is 2.00 bits per heavy atom. The van der Waals surface area contributed by atoms with Crippen molar-refractivity contribution in [2.45, 2.75) is 18.9 Å². The van der Waals surface area contributed by atoms with Gasteiger partial charge in [-0.3, -0.25) is 4.98 Å². The summed E-state index contributed by atoms with van der Waals surface area (Å²) in [7, 11) is 0. The molecule has 1 aromatic heterocycles. The average Bonchev–Trinajstić information content (AvgIpc) is 2.70. The quantitative estimate of drug-likeness (QED) is 0.901. The summed E-state index contributed by atoms with van der Waals surface area (Å²) in [6, 6.07) is 8.62. The zero-order valence-corrected chi connectivity index (χ0v) is 12.0. The molecule has 0 saturated carbocycles. The van der Waals surface area contributed by atoms with Crippen LogP contribution in [0.15, 0.2) is 41.1 Å². The van der Waals surface area contributed by atoms with Crippen LogP contribution in [-0.2, 0) is 12.8 Å². The molecule has 0 aliphatic heterocycles.